The number of anilines is 1. The molecular weight excluding hydrogens is 356 g/mol. The Morgan fingerprint density at radius 3 is 2.37 bits per heavy atom. The molecule has 0 heterocycles. The molecule has 2 N–H and O–H groups in total. The third kappa shape index (κ3) is 5.01. The number of nitrogens with zero attached hydrogens (tertiary/aromatic N) is 2. The highest BCUT2D eigenvalue weighted by molar-refractivity contribution is 6.39. The van der Waals surface area contributed by atoms with Gasteiger partial charge in [0.25, 0.3) is 5.69 Å². The Balaban J connectivity index is 1.98. The number of hydrogen-bond donors (Lipinski definition) is 2. The summed E-state index contributed by atoms with van der Waals surface area (Å²) in [6.45, 7) is 0. The number of nitrogens with one attached hydrogen (secondary N) is 2. The number of benzene rings is 2. The monoisotopic (exact) mass is 372 g/mol. The van der Waals surface area contributed by atoms with E-state index in [9.17, 15) is 19.7 Å². The molecular formula is C17H16N4O6. The number of amides is 2. The van der Waals surface area contributed by atoms with Gasteiger partial charge in [-0.1, -0.05) is 6.07 Å². The van der Waals surface area contributed by atoms with E-state index in [0.717, 1.165) is 0 Å². The van der Waals surface area contributed by atoms with Crippen LogP contribution in [0.25, 0.3) is 0 Å². The molecule has 0 spiro atoms. The molecule has 0 aromatic heterocycles. The van der Waals surface area contributed by atoms with Crippen molar-refractivity contribution >= 4 is 29.4 Å². The highest BCUT2D eigenvalue weighted by atomic mass is 16.6. The molecule has 0 fully saturated rings. The number of ether oxygens (including phenoxy) is 2. The van der Waals surface area contributed by atoms with Crippen LogP contribution >= 0.6 is 0 Å². The molecule has 0 atom stereocenters. The van der Waals surface area contributed by atoms with Gasteiger partial charge in [-0.25, -0.2) is 5.43 Å². The molecule has 0 bridgehead atoms. The van der Waals surface area contributed by atoms with E-state index < -0.39 is 16.7 Å². The largest absolute Gasteiger partial charge is 0.493 e. The lowest BCUT2D eigenvalue weighted by Gasteiger charge is -2.09. The SMILES string of the molecule is COc1cccc(/C=N\NC(=O)C(=O)Nc2ccc([N+](=O)[O-])cc2)c1OC. The molecule has 140 valence electrons. The Morgan fingerprint density at radius 1 is 1.07 bits per heavy atom. The predicted molar refractivity (Wildman–Crippen MR) is 97.0 cm³/mol. The number of hydrazone groups is 1. The first-order valence-corrected chi connectivity index (χ1v) is 7.56. The Kier molecular flexibility index (Phi) is 6.42. The Hall–Kier alpha value is -3.95. The fourth-order valence-electron chi connectivity index (χ4n) is 2.08. The highest BCUT2D eigenvalue weighted by Crippen LogP contribution is 2.29. The second-order valence-electron chi connectivity index (χ2n) is 5.04. The minimum Gasteiger partial charge on any atom is -0.493 e. The lowest BCUT2D eigenvalue weighted by Crippen LogP contribution is -2.32. The zero-order valence-electron chi connectivity index (χ0n) is 14.5. The van der Waals surface area contributed by atoms with Gasteiger partial charge < -0.3 is 14.8 Å². The van der Waals surface area contributed by atoms with Crippen molar-refractivity contribution in [3.63, 3.8) is 0 Å². The second kappa shape index (κ2) is 8.94. The fraction of sp³-hybridized carbons (Fsp3) is 0.118. The van der Waals surface area contributed by atoms with E-state index in [4.69, 9.17) is 9.47 Å². The number of nitro groups is 1. The number of hydrogen-bond acceptors (Lipinski definition) is 7. The van der Waals surface area contributed by atoms with Gasteiger partial charge in [-0.3, -0.25) is 19.7 Å². The molecule has 2 aromatic carbocycles. The van der Waals surface area contributed by atoms with Crippen molar-refractivity contribution in [2.75, 3.05) is 19.5 Å². The maximum absolute atomic E-state index is 11.8. The Morgan fingerprint density at radius 2 is 1.78 bits per heavy atom. The number of carbonyl (C=O) groups excluding carboxylic acids is 2. The smallest absolute Gasteiger partial charge is 0.329 e. The molecule has 0 aliphatic carbocycles. The number of non-ortho nitro benzene ring substituents is 1. The molecule has 2 amide bonds. The predicted octanol–water partition coefficient (Wildman–Crippen LogP) is 1.70. The van der Waals surface area contributed by atoms with Crippen LogP contribution in [0.2, 0.25) is 0 Å². The van der Waals surface area contributed by atoms with Gasteiger partial charge >= 0.3 is 11.8 Å². The summed E-state index contributed by atoms with van der Waals surface area (Å²) in [5.74, 6) is -1.07. The van der Waals surface area contributed by atoms with E-state index in [0.29, 0.717) is 17.1 Å². The van der Waals surface area contributed by atoms with Crippen LogP contribution in [-0.2, 0) is 9.59 Å². The highest BCUT2D eigenvalue weighted by Gasteiger charge is 2.14. The normalized spacial score (nSPS) is 10.3. The number of para-hydroxylation sites is 1. The average Bonchev–Trinajstić information content (AvgIpc) is 2.67. The lowest BCUT2D eigenvalue weighted by atomic mass is 10.2. The molecule has 0 aliphatic rings. The molecule has 10 nitrogen and oxygen atoms in total. The van der Waals surface area contributed by atoms with Gasteiger partial charge in [-0.15, -0.1) is 0 Å². The molecule has 2 aromatic rings. The molecule has 0 saturated carbocycles. The fourth-order valence-corrected chi connectivity index (χ4v) is 2.08. The summed E-state index contributed by atoms with van der Waals surface area (Å²) in [7, 11) is 2.95. The van der Waals surface area contributed by atoms with E-state index in [1.807, 2.05) is 0 Å². The van der Waals surface area contributed by atoms with Crippen LogP contribution in [0.3, 0.4) is 0 Å². The summed E-state index contributed by atoms with van der Waals surface area (Å²) in [5, 5.41) is 16.6. The zero-order valence-corrected chi connectivity index (χ0v) is 14.5. The maximum atomic E-state index is 11.8. The summed E-state index contributed by atoms with van der Waals surface area (Å²) in [4.78, 5) is 33.6. The number of rotatable bonds is 6. The van der Waals surface area contributed by atoms with Crippen LogP contribution in [-0.4, -0.2) is 37.2 Å². The molecule has 0 aliphatic heterocycles. The second-order valence-corrected chi connectivity index (χ2v) is 5.04. The third-order valence-electron chi connectivity index (χ3n) is 3.35. The van der Waals surface area contributed by atoms with Gasteiger partial charge in [-0.05, 0) is 24.3 Å². The van der Waals surface area contributed by atoms with Crippen LogP contribution < -0.4 is 20.2 Å². The van der Waals surface area contributed by atoms with Crippen molar-refractivity contribution in [2.45, 2.75) is 0 Å². The van der Waals surface area contributed by atoms with Crippen molar-refractivity contribution in [1.29, 1.82) is 0 Å². The van der Waals surface area contributed by atoms with Gasteiger partial charge in [0, 0.05) is 23.4 Å². The van der Waals surface area contributed by atoms with E-state index in [1.165, 1.54) is 44.7 Å². The van der Waals surface area contributed by atoms with Crippen LogP contribution in [0.4, 0.5) is 11.4 Å². The first-order valence-electron chi connectivity index (χ1n) is 7.56. The molecule has 2 rings (SSSR count). The summed E-state index contributed by atoms with van der Waals surface area (Å²) in [6, 6.07) is 10.1. The van der Waals surface area contributed by atoms with Crippen LogP contribution in [0.5, 0.6) is 11.5 Å². The third-order valence-corrected chi connectivity index (χ3v) is 3.35. The van der Waals surface area contributed by atoms with Crippen LogP contribution in [0.15, 0.2) is 47.6 Å². The van der Waals surface area contributed by atoms with Crippen LogP contribution in [0.1, 0.15) is 5.56 Å². The molecule has 27 heavy (non-hydrogen) atoms. The van der Waals surface area contributed by atoms with Gasteiger partial charge in [0.15, 0.2) is 11.5 Å². The van der Waals surface area contributed by atoms with Gasteiger partial charge in [0.2, 0.25) is 0 Å². The maximum Gasteiger partial charge on any atom is 0.329 e. The zero-order chi connectivity index (χ0) is 19.8. The van der Waals surface area contributed by atoms with Crippen molar-refractivity contribution in [3.8, 4) is 11.5 Å². The van der Waals surface area contributed by atoms with Crippen molar-refractivity contribution < 1.29 is 24.0 Å². The molecule has 0 unspecified atom stereocenters. The standard InChI is InChI=1S/C17H16N4O6/c1-26-14-5-3-4-11(15(14)27-2)10-18-20-17(23)16(22)19-12-6-8-13(9-7-12)21(24)25/h3-10H,1-2H3,(H,19,22)(H,20,23)/b18-10-. The Labute approximate surface area is 153 Å². The molecule has 0 radical (unpaired) electrons. The first kappa shape index (κ1) is 19.4. The van der Waals surface area contributed by atoms with Crippen molar-refractivity contribution in [3.05, 3.63) is 58.1 Å². The summed E-state index contributed by atoms with van der Waals surface area (Å²) >= 11 is 0. The van der Waals surface area contributed by atoms with Gasteiger partial charge in [0.05, 0.1) is 25.4 Å². The summed E-state index contributed by atoms with van der Waals surface area (Å²) in [6.07, 6.45) is 1.30. The lowest BCUT2D eigenvalue weighted by molar-refractivity contribution is -0.384. The van der Waals surface area contributed by atoms with E-state index in [-0.39, 0.29) is 11.4 Å². The van der Waals surface area contributed by atoms with E-state index >= 15 is 0 Å². The first-order chi connectivity index (χ1) is 13.0. The van der Waals surface area contributed by atoms with E-state index in [2.05, 4.69) is 15.8 Å². The average molecular weight is 372 g/mol. The molecule has 10 heteroatoms. The molecule has 0 saturated heterocycles. The number of nitro benzene ring substituents is 1. The van der Waals surface area contributed by atoms with E-state index in [1.54, 1.807) is 18.2 Å². The number of carbonyl (C=O) groups is 2. The van der Waals surface area contributed by atoms with Gasteiger partial charge in [-0.2, -0.15) is 5.10 Å². The minimum absolute atomic E-state index is 0.130. The quantitative estimate of drug-likeness (QED) is 0.343. The Bertz CT molecular complexity index is 879. The van der Waals surface area contributed by atoms with Gasteiger partial charge in [0.1, 0.15) is 0 Å². The van der Waals surface area contributed by atoms with Crippen molar-refractivity contribution in [1.82, 2.24) is 5.43 Å². The van der Waals surface area contributed by atoms with Crippen LogP contribution in [0, 0.1) is 10.1 Å². The van der Waals surface area contributed by atoms with Crippen molar-refractivity contribution in [2.24, 2.45) is 5.10 Å². The summed E-state index contributed by atoms with van der Waals surface area (Å²) < 4.78 is 10.4. The number of methoxy groups -OCH3 is 2. The topological polar surface area (TPSA) is 132 Å². The summed E-state index contributed by atoms with van der Waals surface area (Å²) in [5.41, 5.74) is 2.72. The minimum atomic E-state index is -1.01.